The number of aromatic nitrogens is 2. The lowest BCUT2D eigenvalue weighted by atomic mass is 10.2. The zero-order chi connectivity index (χ0) is 16.3. The molecular weight excluding hydrogens is 314 g/mol. The number of thioether (sulfide) groups is 1. The summed E-state index contributed by atoms with van der Waals surface area (Å²) in [5.41, 5.74) is 0. The van der Waals surface area contributed by atoms with E-state index in [1.165, 1.54) is 16.6 Å². The minimum absolute atomic E-state index is 0.0645. The van der Waals surface area contributed by atoms with Gasteiger partial charge in [0, 0.05) is 16.3 Å². The highest BCUT2D eigenvalue weighted by molar-refractivity contribution is 8.00. The number of thiophene rings is 1. The molecule has 4 nitrogen and oxygen atoms in total. The lowest BCUT2D eigenvalue weighted by molar-refractivity contribution is -0.120. The molecule has 0 aromatic carbocycles. The number of aryl methyl sites for hydroxylation is 2. The van der Waals surface area contributed by atoms with Crippen LogP contribution in [-0.2, 0) is 11.2 Å². The highest BCUT2D eigenvalue weighted by Gasteiger charge is 2.19. The number of fused-ring (bicyclic) bond motifs is 1. The lowest BCUT2D eigenvalue weighted by Gasteiger charge is -2.16. The molecule has 2 rings (SSSR count). The fourth-order valence-corrected chi connectivity index (χ4v) is 4.05. The maximum Gasteiger partial charge on any atom is 0.233 e. The summed E-state index contributed by atoms with van der Waals surface area (Å²) in [6, 6.07) is 2.36. The van der Waals surface area contributed by atoms with Crippen molar-refractivity contribution in [3.8, 4) is 0 Å². The van der Waals surface area contributed by atoms with Crippen LogP contribution in [0.3, 0.4) is 0 Å². The predicted octanol–water partition coefficient (Wildman–Crippen LogP) is 3.96. The molecule has 0 aliphatic carbocycles. The van der Waals surface area contributed by atoms with Gasteiger partial charge in [0.2, 0.25) is 5.91 Å². The van der Waals surface area contributed by atoms with Gasteiger partial charge < -0.3 is 5.32 Å². The first-order valence-electron chi connectivity index (χ1n) is 7.68. The van der Waals surface area contributed by atoms with Crippen molar-refractivity contribution in [2.24, 2.45) is 0 Å². The molecule has 22 heavy (non-hydrogen) atoms. The van der Waals surface area contributed by atoms with Crippen molar-refractivity contribution in [1.82, 2.24) is 15.3 Å². The average molecular weight is 338 g/mol. The highest BCUT2D eigenvalue weighted by atomic mass is 32.2. The number of carbonyl (C=O) groups excluding carboxylic acids is 1. The first kappa shape index (κ1) is 17.2. The summed E-state index contributed by atoms with van der Waals surface area (Å²) in [6.07, 6.45) is 1.93. The normalized spacial score (nSPS) is 14.0. The van der Waals surface area contributed by atoms with Crippen LogP contribution in [0, 0.1) is 6.92 Å². The lowest BCUT2D eigenvalue weighted by Crippen LogP contribution is -2.37. The van der Waals surface area contributed by atoms with E-state index >= 15 is 0 Å². The minimum Gasteiger partial charge on any atom is -0.353 e. The Balaban J connectivity index is 2.23. The van der Waals surface area contributed by atoms with E-state index in [2.05, 4.69) is 35.2 Å². The van der Waals surface area contributed by atoms with Crippen molar-refractivity contribution in [2.75, 3.05) is 0 Å². The van der Waals surface area contributed by atoms with E-state index < -0.39 is 0 Å². The van der Waals surface area contributed by atoms with Crippen molar-refractivity contribution < 1.29 is 4.79 Å². The number of nitrogens with zero attached hydrogens (tertiary/aromatic N) is 2. The number of carbonyl (C=O) groups is 1. The third-order valence-corrected chi connectivity index (χ3v) is 5.80. The van der Waals surface area contributed by atoms with E-state index in [-0.39, 0.29) is 17.2 Å². The Labute approximate surface area is 140 Å². The number of nitrogens with one attached hydrogen (secondary N) is 1. The maximum absolute atomic E-state index is 12.2. The summed E-state index contributed by atoms with van der Waals surface area (Å²) >= 11 is 3.23. The second-order valence-electron chi connectivity index (χ2n) is 5.44. The van der Waals surface area contributed by atoms with Crippen LogP contribution in [0.25, 0.3) is 10.2 Å². The van der Waals surface area contributed by atoms with Gasteiger partial charge in [-0.15, -0.1) is 11.3 Å². The smallest absolute Gasteiger partial charge is 0.233 e. The van der Waals surface area contributed by atoms with Gasteiger partial charge >= 0.3 is 0 Å². The Bertz CT molecular complexity index is 669. The number of rotatable bonds is 6. The molecule has 6 heteroatoms. The van der Waals surface area contributed by atoms with Gasteiger partial charge in [-0.2, -0.15) is 0 Å². The number of hydrogen-bond donors (Lipinski definition) is 1. The van der Waals surface area contributed by atoms with Gasteiger partial charge in [0.15, 0.2) is 0 Å². The van der Waals surface area contributed by atoms with Gasteiger partial charge in [0.05, 0.1) is 5.25 Å². The third-order valence-electron chi connectivity index (χ3n) is 3.53. The predicted molar refractivity (Wildman–Crippen MR) is 94.7 cm³/mol. The van der Waals surface area contributed by atoms with Crippen LogP contribution in [0.1, 0.15) is 44.8 Å². The van der Waals surface area contributed by atoms with Gasteiger partial charge in [-0.3, -0.25) is 4.79 Å². The van der Waals surface area contributed by atoms with Crippen LogP contribution in [0.4, 0.5) is 0 Å². The first-order valence-corrected chi connectivity index (χ1v) is 9.38. The fourth-order valence-electron chi connectivity index (χ4n) is 1.99. The molecule has 0 spiro atoms. The molecule has 120 valence electrons. The van der Waals surface area contributed by atoms with Crippen molar-refractivity contribution >= 4 is 39.2 Å². The topological polar surface area (TPSA) is 54.9 Å². The van der Waals surface area contributed by atoms with Crippen molar-refractivity contribution in [3.63, 3.8) is 0 Å². The molecule has 2 aromatic heterocycles. The molecule has 0 saturated carbocycles. The summed E-state index contributed by atoms with van der Waals surface area (Å²) in [5, 5.41) is 4.84. The van der Waals surface area contributed by atoms with Crippen LogP contribution in [-0.4, -0.2) is 27.2 Å². The van der Waals surface area contributed by atoms with E-state index in [1.54, 1.807) is 11.3 Å². The zero-order valence-corrected chi connectivity index (χ0v) is 15.4. The molecule has 0 aliphatic rings. The largest absolute Gasteiger partial charge is 0.353 e. The van der Waals surface area contributed by atoms with Gasteiger partial charge in [-0.25, -0.2) is 9.97 Å². The molecule has 0 saturated heterocycles. The fraction of sp³-hybridized carbons (Fsp3) is 0.562. The Morgan fingerprint density at radius 1 is 1.36 bits per heavy atom. The molecule has 0 aliphatic heterocycles. The van der Waals surface area contributed by atoms with E-state index in [0.29, 0.717) is 0 Å². The van der Waals surface area contributed by atoms with Gasteiger partial charge in [0.25, 0.3) is 0 Å². The highest BCUT2D eigenvalue weighted by Crippen LogP contribution is 2.33. The zero-order valence-electron chi connectivity index (χ0n) is 13.8. The first-order chi connectivity index (χ1) is 10.4. The monoisotopic (exact) mass is 337 g/mol. The van der Waals surface area contributed by atoms with Crippen molar-refractivity contribution in [3.05, 3.63) is 16.8 Å². The molecule has 2 unspecified atom stereocenters. The standard InChI is InChI=1S/C16H23N3OS2/c1-6-9(3)17-14(20)10(4)21-15-13-8-12(7-2)22-16(13)19-11(5)18-15/h8-10H,6-7H2,1-5H3,(H,17,20). The summed E-state index contributed by atoms with van der Waals surface area (Å²) < 4.78 is 0. The Morgan fingerprint density at radius 3 is 2.73 bits per heavy atom. The van der Waals surface area contributed by atoms with E-state index in [0.717, 1.165) is 33.9 Å². The molecule has 1 N–H and O–H groups in total. The molecule has 0 bridgehead atoms. The van der Waals surface area contributed by atoms with Gasteiger partial charge in [0.1, 0.15) is 15.7 Å². The van der Waals surface area contributed by atoms with Crippen LogP contribution >= 0.6 is 23.1 Å². The van der Waals surface area contributed by atoms with Crippen LogP contribution in [0.15, 0.2) is 11.1 Å². The summed E-state index contributed by atoms with van der Waals surface area (Å²) in [6.45, 7) is 10.1. The van der Waals surface area contributed by atoms with Gasteiger partial charge in [-0.05, 0) is 39.7 Å². The molecule has 2 atom stereocenters. The van der Waals surface area contributed by atoms with Crippen LogP contribution in [0.5, 0.6) is 0 Å². The third kappa shape index (κ3) is 3.98. The van der Waals surface area contributed by atoms with E-state index in [9.17, 15) is 4.79 Å². The van der Waals surface area contributed by atoms with Crippen molar-refractivity contribution in [2.45, 2.75) is 63.8 Å². The Kier molecular flexibility index (Phi) is 5.81. The number of amides is 1. The average Bonchev–Trinajstić information content (AvgIpc) is 2.89. The molecule has 2 aromatic rings. The second kappa shape index (κ2) is 7.42. The minimum atomic E-state index is -0.170. The Morgan fingerprint density at radius 2 is 2.09 bits per heavy atom. The Hall–Kier alpha value is -1.14. The summed E-state index contributed by atoms with van der Waals surface area (Å²) in [5.74, 6) is 0.823. The molecule has 2 heterocycles. The van der Waals surface area contributed by atoms with Crippen LogP contribution < -0.4 is 5.32 Å². The molecule has 0 fully saturated rings. The summed E-state index contributed by atoms with van der Waals surface area (Å²) in [7, 11) is 0. The quantitative estimate of drug-likeness (QED) is 0.640. The van der Waals surface area contributed by atoms with E-state index in [1.807, 2.05) is 20.8 Å². The van der Waals surface area contributed by atoms with E-state index in [4.69, 9.17) is 0 Å². The van der Waals surface area contributed by atoms with Crippen LogP contribution in [0.2, 0.25) is 0 Å². The van der Waals surface area contributed by atoms with Crippen molar-refractivity contribution in [1.29, 1.82) is 0 Å². The number of hydrogen-bond acceptors (Lipinski definition) is 5. The SMILES string of the molecule is CCc1cc2c(SC(C)C(=O)NC(C)CC)nc(C)nc2s1. The summed E-state index contributed by atoms with van der Waals surface area (Å²) in [4.78, 5) is 23.6. The molecule has 1 amide bonds. The second-order valence-corrected chi connectivity index (χ2v) is 7.88. The molecular formula is C16H23N3OS2. The van der Waals surface area contributed by atoms with Gasteiger partial charge in [-0.1, -0.05) is 25.6 Å². The maximum atomic E-state index is 12.2. The molecule has 0 radical (unpaired) electrons.